The molecule has 9 heteroatoms. The van der Waals surface area contributed by atoms with Gasteiger partial charge in [-0.2, -0.15) is 0 Å². The van der Waals surface area contributed by atoms with Gasteiger partial charge in [0.05, 0.1) is 34.8 Å². The first-order valence-electron chi connectivity index (χ1n) is 13.3. The molecule has 1 amide bonds. The first-order chi connectivity index (χ1) is 18.6. The molecule has 204 valence electrons. The van der Waals surface area contributed by atoms with Crippen molar-refractivity contribution in [1.29, 1.82) is 0 Å². The fourth-order valence-electron chi connectivity index (χ4n) is 5.66. The maximum atomic E-state index is 14.7. The molecule has 6 rings (SSSR count). The van der Waals surface area contributed by atoms with Crippen molar-refractivity contribution in [2.45, 2.75) is 76.7 Å². The van der Waals surface area contributed by atoms with Crippen molar-refractivity contribution in [2.24, 2.45) is 5.92 Å². The molecule has 1 saturated heterocycles. The van der Waals surface area contributed by atoms with Crippen molar-refractivity contribution in [3.05, 3.63) is 70.2 Å². The summed E-state index contributed by atoms with van der Waals surface area (Å²) in [5, 5.41) is 4.44. The Morgan fingerprint density at radius 1 is 1.15 bits per heavy atom. The number of aromatic nitrogens is 1. The summed E-state index contributed by atoms with van der Waals surface area (Å²) >= 11 is 6.33. The molecule has 2 aromatic carbocycles. The number of esters is 1. The highest BCUT2D eigenvalue weighted by atomic mass is 35.5. The number of carbonyl (C=O) groups excluding carboxylic acids is 2. The zero-order chi connectivity index (χ0) is 27.5. The van der Waals surface area contributed by atoms with E-state index in [9.17, 15) is 14.0 Å². The molecule has 2 bridgehead atoms. The quantitative estimate of drug-likeness (QED) is 0.304. The van der Waals surface area contributed by atoms with E-state index in [1.54, 1.807) is 36.4 Å². The van der Waals surface area contributed by atoms with Crippen LogP contribution in [-0.2, 0) is 20.9 Å². The molecule has 2 aliphatic carbocycles. The average molecular weight is 553 g/mol. The van der Waals surface area contributed by atoms with Crippen LogP contribution in [0.25, 0.3) is 11.3 Å². The molecule has 3 aromatic rings. The number of anilines is 1. The van der Waals surface area contributed by atoms with E-state index in [2.05, 4.69) is 5.16 Å². The number of carbonyl (C=O) groups is 2. The molecule has 2 heterocycles. The monoisotopic (exact) mass is 552 g/mol. The van der Waals surface area contributed by atoms with Crippen molar-refractivity contribution in [1.82, 2.24) is 5.16 Å². The Bertz CT molecular complexity index is 1410. The van der Waals surface area contributed by atoms with Crippen LogP contribution >= 0.6 is 11.6 Å². The van der Waals surface area contributed by atoms with Crippen molar-refractivity contribution < 1.29 is 28.0 Å². The van der Waals surface area contributed by atoms with Gasteiger partial charge in [-0.1, -0.05) is 22.8 Å². The standard InChI is InChI=1S/C30H30ClFN2O5/c1-30(2,3)38-29(36)17-9-11-18(12-10-17)34-19-13-20(28(34)35)24(14-19)37-15-21-26(33-39-27(21)16-7-8-16)25-22(31)5-4-6-23(25)32/h4-6,9-12,16,19-20,24H,7-8,13-15H2,1-3H3/t19-,20+,24+/m0/s1. The van der Waals surface area contributed by atoms with Crippen LogP contribution < -0.4 is 4.90 Å². The fourth-order valence-corrected chi connectivity index (χ4v) is 5.91. The van der Waals surface area contributed by atoms with E-state index in [1.807, 2.05) is 25.7 Å². The van der Waals surface area contributed by atoms with E-state index in [0.717, 1.165) is 18.5 Å². The van der Waals surface area contributed by atoms with Gasteiger partial charge in [-0.05, 0) is 82.9 Å². The molecule has 0 N–H and O–H groups in total. The van der Waals surface area contributed by atoms with Crippen LogP contribution in [0.4, 0.5) is 10.1 Å². The lowest BCUT2D eigenvalue weighted by Gasteiger charge is -2.31. The zero-order valence-corrected chi connectivity index (χ0v) is 22.8. The van der Waals surface area contributed by atoms with E-state index in [1.165, 1.54) is 6.07 Å². The second-order valence-electron chi connectivity index (χ2n) is 11.6. The minimum Gasteiger partial charge on any atom is -0.456 e. The number of benzene rings is 2. The molecule has 0 spiro atoms. The molecule has 7 nitrogen and oxygen atoms in total. The van der Waals surface area contributed by atoms with Crippen molar-refractivity contribution in [3.8, 4) is 11.3 Å². The molecule has 2 saturated carbocycles. The van der Waals surface area contributed by atoms with Gasteiger partial charge in [0.25, 0.3) is 0 Å². The van der Waals surface area contributed by atoms with Gasteiger partial charge in [0.15, 0.2) is 0 Å². The molecular formula is C30H30ClFN2O5. The lowest BCUT2D eigenvalue weighted by Crippen LogP contribution is -2.43. The highest BCUT2D eigenvalue weighted by Crippen LogP contribution is 2.47. The SMILES string of the molecule is CC(C)(C)OC(=O)c1ccc(N2C(=O)[C@@H]3C[C@H]2C[C@H]3OCc2c(-c3c(F)cccc3Cl)noc2C2CC2)cc1. The molecule has 1 aromatic heterocycles. The van der Waals surface area contributed by atoms with E-state index in [4.69, 9.17) is 25.6 Å². The predicted molar refractivity (Wildman–Crippen MR) is 143 cm³/mol. The molecule has 0 unspecified atom stereocenters. The average Bonchev–Trinajstić information content (AvgIpc) is 3.38. The van der Waals surface area contributed by atoms with Gasteiger partial charge in [-0.15, -0.1) is 0 Å². The Kier molecular flexibility index (Phi) is 6.50. The fraction of sp³-hybridized carbons (Fsp3) is 0.433. The summed E-state index contributed by atoms with van der Waals surface area (Å²) in [5.74, 6) is -0.173. The largest absolute Gasteiger partial charge is 0.456 e. The summed E-state index contributed by atoms with van der Waals surface area (Å²) < 4.78 is 32.1. The summed E-state index contributed by atoms with van der Waals surface area (Å²) in [6.45, 7) is 5.64. The summed E-state index contributed by atoms with van der Waals surface area (Å²) in [6.07, 6.45) is 3.10. The number of amides is 1. The number of nitrogens with zero attached hydrogens (tertiary/aromatic N) is 2. The second kappa shape index (κ2) is 9.75. The number of fused-ring (bicyclic) bond motifs is 2. The van der Waals surface area contributed by atoms with E-state index >= 15 is 0 Å². The van der Waals surface area contributed by atoms with Crippen LogP contribution in [0, 0.1) is 11.7 Å². The number of piperidine rings is 1. The van der Waals surface area contributed by atoms with Crippen LogP contribution in [-0.4, -0.2) is 34.8 Å². The van der Waals surface area contributed by atoms with E-state index in [0.29, 0.717) is 35.4 Å². The summed E-state index contributed by atoms with van der Waals surface area (Å²) in [4.78, 5) is 27.5. The van der Waals surface area contributed by atoms with Gasteiger partial charge >= 0.3 is 5.97 Å². The number of ether oxygens (including phenoxy) is 2. The molecule has 39 heavy (non-hydrogen) atoms. The van der Waals surface area contributed by atoms with Gasteiger partial charge in [0.2, 0.25) is 5.91 Å². The number of halogens is 2. The van der Waals surface area contributed by atoms with Crippen molar-refractivity contribution in [2.75, 3.05) is 4.90 Å². The first kappa shape index (κ1) is 26.0. The Balaban J connectivity index is 1.16. The number of hydrogen-bond donors (Lipinski definition) is 0. The van der Waals surface area contributed by atoms with Gasteiger partial charge in [0.1, 0.15) is 22.9 Å². The third kappa shape index (κ3) is 4.96. The Morgan fingerprint density at radius 2 is 1.90 bits per heavy atom. The Labute approximate surface area is 231 Å². The Hall–Kier alpha value is -3.23. The van der Waals surface area contributed by atoms with Gasteiger partial charge in [-0.3, -0.25) is 4.79 Å². The third-order valence-electron chi connectivity index (χ3n) is 7.59. The van der Waals surface area contributed by atoms with Gasteiger partial charge < -0.3 is 18.9 Å². The van der Waals surface area contributed by atoms with Gasteiger partial charge in [-0.25, -0.2) is 9.18 Å². The maximum absolute atomic E-state index is 14.7. The topological polar surface area (TPSA) is 81.9 Å². The summed E-state index contributed by atoms with van der Waals surface area (Å²) in [5.41, 5.74) is 1.89. The maximum Gasteiger partial charge on any atom is 0.338 e. The van der Waals surface area contributed by atoms with Crippen LogP contribution in [0.5, 0.6) is 0 Å². The van der Waals surface area contributed by atoms with Crippen LogP contribution in [0.3, 0.4) is 0 Å². The minimum atomic E-state index is -0.580. The van der Waals surface area contributed by atoms with Crippen LogP contribution in [0.15, 0.2) is 47.0 Å². The zero-order valence-electron chi connectivity index (χ0n) is 22.1. The molecule has 1 aliphatic heterocycles. The highest BCUT2D eigenvalue weighted by molar-refractivity contribution is 6.33. The highest BCUT2D eigenvalue weighted by Gasteiger charge is 2.52. The summed E-state index contributed by atoms with van der Waals surface area (Å²) in [6, 6.07) is 11.5. The van der Waals surface area contributed by atoms with Crippen LogP contribution in [0.1, 0.15) is 74.1 Å². The molecule has 3 atom stereocenters. The van der Waals surface area contributed by atoms with Gasteiger partial charge in [0, 0.05) is 23.2 Å². The van der Waals surface area contributed by atoms with Crippen molar-refractivity contribution >= 4 is 29.2 Å². The number of hydrogen-bond acceptors (Lipinski definition) is 6. The minimum absolute atomic E-state index is 0.00531. The Morgan fingerprint density at radius 3 is 2.54 bits per heavy atom. The predicted octanol–water partition coefficient (Wildman–Crippen LogP) is 6.68. The molecule has 3 aliphatic rings. The summed E-state index contributed by atoms with van der Waals surface area (Å²) in [7, 11) is 0. The lowest BCUT2D eigenvalue weighted by atomic mass is 10.0. The lowest BCUT2D eigenvalue weighted by molar-refractivity contribution is -0.126. The van der Waals surface area contributed by atoms with Crippen molar-refractivity contribution in [3.63, 3.8) is 0 Å². The molecule has 3 fully saturated rings. The number of rotatable bonds is 7. The first-order valence-corrected chi connectivity index (χ1v) is 13.7. The van der Waals surface area contributed by atoms with E-state index in [-0.39, 0.29) is 47.1 Å². The normalized spacial score (nSPS) is 22.5. The molecular weight excluding hydrogens is 523 g/mol. The molecule has 0 radical (unpaired) electrons. The van der Waals surface area contributed by atoms with E-state index < -0.39 is 17.4 Å². The third-order valence-corrected chi connectivity index (χ3v) is 7.90. The van der Waals surface area contributed by atoms with Crippen LogP contribution in [0.2, 0.25) is 5.02 Å². The second-order valence-corrected chi connectivity index (χ2v) is 12.0. The smallest absolute Gasteiger partial charge is 0.338 e.